The van der Waals surface area contributed by atoms with Gasteiger partial charge in [-0.25, -0.2) is 9.67 Å². The summed E-state index contributed by atoms with van der Waals surface area (Å²) in [7, 11) is 0. The molecule has 0 aliphatic heterocycles. The molecular formula is C20H27N5O. The number of amides is 1. The Labute approximate surface area is 154 Å². The average Bonchev–Trinajstić information content (AvgIpc) is 3.23. The molecule has 1 N–H and O–H groups in total. The molecule has 26 heavy (non-hydrogen) atoms. The molecule has 0 aromatic carbocycles. The maximum Gasteiger partial charge on any atom is 0.220 e. The molecule has 138 valence electrons. The minimum atomic E-state index is 0.112. The molecule has 3 rings (SSSR count). The normalized spacial score (nSPS) is 11.2. The summed E-state index contributed by atoms with van der Waals surface area (Å²) >= 11 is 0. The van der Waals surface area contributed by atoms with Gasteiger partial charge in [0.1, 0.15) is 0 Å². The molecule has 1 amide bonds. The van der Waals surface area contributed by atoms with E-state index >= 15 is 0 Å². The van der Waals surface area contributed by atoms with Gasteiger partial charge in [-0.15, -0.1) is 0 Å². The number of nitrogens with one attached hydrogen (secondary N) is 1. The highest BCUT2D eigenvalue weighted by molar-refractivity contribution is 5.87. The van der Waals surface area contributed by atoms with Gasteiger partial charge >= 0.3 is 0 Å². The second kappa shape index (κ2) is 8.17. The molecule has 0 radical (unpaired) electrons. The van der Waals surface area contributed by atoms with E-state index in [1.54, 1.807) is 0 Å². The largest absolute Gasteiger partial charge is 0.356 e. The van der Waals surface area contributed by atoms with E-state index in [0.717, 1.165) is 48.4 Å². The zero-order chi connectivity index (χ0) is 18.5. The van der Waals surface area contributed by atoms with Crippen LogP contribution < -0.4 is 5.32 Å². The van der Waals surface area contributed by atoms with E-state index in [0.29, 0.717) is 13.0 Å². The first-order chi connectivity index (χ1) is 12.6. The van der Waals surface area contributed by atoms with Crippen molar-refractivity contribution >= 4 is 16.9 Å². The minimum Gasteiger partial charge on any atom is -0.356 e. The van der Waals surface area contributed by atoms with Crippen LogP contribution in [0.4, 0.5) is 0 Å². The number of carbonyl (C=O) groups excluding carboxylic acids is 1. The molecule has 6 nitrogen and oxygen atoms in total. The maximum absolute atomic E-state index is 11.9. The second-order valence-corrected chi connectivity index (χ2v) is 6.72. The van der Waals surface area contributed by atoms with Crippen LogP contribution in [0.3, 0.4) is 0 Å². The molecule has 0 atom stereocenters. The summed E-state index contributed by atoms with van der Waals surface area (Å²) < 4.78 is 3.95. The number of hydrogen-bond donors (Lipinski definition) is 1. The zero-order valence-electron chi connectivity index (χ0n) is 15.8. The van der Waals surface area contributed by atoms with E-state index in [1.807, 2.05) is 40.7 Å². The van der Waals surface area contributed by atoms with Crippen molar-refractivity contribution in [3.05, 3.63) is 41.9 Å². The van der Waals surface area contributed by atoms with Crippen molar-refractivity contribution in [1.29, 1.82) is 0 Å². The van der Waals surface area contributed by atoms with Gasteiger partial charge in [0.05, 0.1) is 5.39 Å². The minimum absolute atomic E-state index is 0.112. The van der Waals surface area contributed by atoms with Crippen LogP contribution in [0.15, 0.2) is 30.6 Å². The van der Waals surface area contributed by atoms with Gasteiger partial charge in [0.2, 0.25) is 5.91 Å². The third-order valence-electron chi connectivity index (χ3n) is 4.48. The molecule has 6 heteroatoms. The summed E-state index contributed by atoms with van der Waals surface area (Å²) in [5.74, 6) is 1.00. The fourth-order valence-electron chi connectivity index (χ4n) is 3.19. The van der Waals surface area contributed by atoms with Crippen LogP contribution >= 0.6 is 0 Å². The Morgan fingerprint density at radius 3 is 2.69 bits per heavy atom. The van der Waals surface area contributed by atoms with Crippen molar-refractivity contribution in [3.63, 3.8) is 0 Å². The number of nitrogens with zero attached hydrogens (tertiary/aromatic N) is 4. The predicted molar refractivity (Wildman–Crippen MR) is 103 cm³/mol. The van der Waals surface area contributed by atoms with Gasteiger partial charge in [-0.1, -0.05) is 13.3 Å². The van der Waals surface area contributed by atoms with E-state index in [1.165, 1.54) is 5.56 Å². The summed E-state index contributed by atoms with van der Waals surface area (Å²) in [5, 5.41) is 8.82. The third-order valence-corrected chi connectivity index (χ3v) is 4.48. The number of aromatic nitrogens is 4. The highest BCUT2D eigenvalue weighted by Gasteiger charge is 2.16. The van der Waals surface area contributed by atoms with Gasteiger partial charge in [-0.2, -0.15) is 5.10 Å². The smallest absolute Gasteiger partial charge is 0.220 e. The van der Waals surface area contributed by atoms with Crippen LogP contribution in [-0.4, -0.2) is 31.8 Å². The molecule has 0 saturated carbocycles. The Balaban J connectivity index is 1.79. The first-order valence-corrected chi connectivity index (χ1v) is 9.35. The van der Waals surface area contributed by atoms with Gasteiger partial charge in [-0.05, 0) is 50.5 Å². The summed E-state index contributed by atoms with van der Waals surface area (Å²) in [5.41, 5.74) is 3.03. The van der Waals surface area contributed by atoms with Crippen molar-refractivity contribution in [2.24, 2.45) is 0 Å². The lowest BCUT2D eigenvalue weighted by molar-refractivity contribution is -0.121. The average molecular weight is 353 g/mol. The summed E-state index contributed by atoms with van der Waals surface area (Å²) in [6, 6.07) is 6.06. The fourth-order valence-corrected chi connectivity index (χ4v) is 3.19. The number of rotatable bonds is 8. The number of fused-ring (bicyclic) bond motifs is 1. The Bertz CT molecular complexity index is 879. The SMILES string of the molecule is CCCCNC(=O)CCCn1nc(-n2cccc2)c2c(C)cc(C)nc21. The first-order valence-electron chi connectivity index (χ1n) is 9.35. The lowest BCUT2D eigenvalue weighted by Gasteiger charge is -2.05. The molecule has 3 aromatic heterocycles. The van der Waals surface area contributed by atoms with Crippen LogP contribution in [0.25, 0.3) is 16.9 Å². The molecule has 0 aliphatic rings. The second-order valence-electron chi connectivity index (χ2n) is 6.72. The maximum atomic E-state index is 11.9. The first kappa shape index (κ1) is 18.2. The van der Waals surface area contributed by atoms with Crippen molar-refractivity contribution in [2.75, 3.05) is 6.54 Å². The van der Waals surface area contributed by atoms with Crippen LogP contribution in [0.1, 0.15) is 43.9 Å². The Kier molecular flexibility index (Phi) is 5.71. The van der Waals surface area contributed by atoms with E-state index in [9.17, 15) is 4.79 Å². The topological polar surface area (TPSA) is 64.7 Å². The number of aryl methyl sites for hydroxylation is 3. The molecule has 0 fully saturated rings. The van der Waals surface area contributed by atoms with Crippen LogP contribution in [0, 0.1) is 13.8 Å². The van der Waals surface area contributed by atoms with E-state index in [4.69, 9.17) is 10.1 Å². The predicted octanol–water partition coefficient (Wildman–Crippen LogP) is 3.54. The molecule has 0 unspecified atom stereocenters. The summed E-state index contributed by atoms with van der Waals surface area (Å²) in [4.78, 5) is 16.6. The van der Waals surface area contributed by atoms with Crippen molar-refractivity contribution in [2.45, 2.75) is 53.0 Å². The number of unbranched alkanes of at least 4 members (excludes halogenated alkanes) is 1. The Morgan fingerprint density at radius 2 is 1.96 bits per heavy atom. The fraction of sp³-hybridized carbons (Fsp3) is 0.450. The summed E-state index contributed by atoms with van der Waals surface area (Å²) in [6.07, 6.45) is 7.35. The van der Waals surface area contributed by atoms with Crippen LogP contribution in [-0.2, 0) is 11.3 Å². The van der Waals surface area contributed by atoms with Gasteiger partial charge in [-0.3, -0.25) is 4.79 Å². The lowest BCUT2D eigenvalue weighted by Crippen LogP contribution is -2.24. The zero-order valence-corrected chi connectivity index (χ0v) is 15.8. The molecule has 0 bridgehead atoms. The lowest BCUT2D eigenvalue weighted by atomic mass is 10.2. The van der Waals surface area contributed by atoms with Gasteiger partial charge in [0, 0.05) is 37.6 Å². The van der Waals surface area contributed by atoms with Gasteiger partial charge < -0.3 is 9.88 Å². The summed E-state index contributed by atoms with van der Waals surface area (Å²) in [6.45, 7) is 7.65. The van der Waals surface area contributed by atoms with E-state index in [2.05, 4.69) is 25.2 Å². The number of hydrogen-bond acceptors (Lipinski definition) is 3. The van der Waals surface area contributed by atoms with Gasteiger partial charge in [0.15, 0.2) is 11.5 Å². The molecule has 3 heterocycles. The molecule has 0 saturated heterocycles. The van der Waals surface area contributed by atoms with Crippen molar-refractivity contribution in [3.8, 4) is 5.82 Å². The van der Waals surface area contributed by atoms with Crippen molar-refractivity contribution < 1.29 is 4.79 Å². The highest BCUT2D eigenvalue weighted by Crippen LogP contribution is 2.25. The van der Waals surface area contributed by atoms with Gasteiger partial charge in [0.25, 0.3) is 0 Å². The Morgan fingerprint density at radius 1 is 1.19 bits per heavy atom. The number of carbonyl (C=O) groups is 1. The highest BCUT2D eigenvalue weighted by atomic mass is 16.1. The van der Waals surface area contributed by atoms with E-state index in [-0.39, 0.29) is 5.91 Å². The molecule has 0 spiro atoms. The standard InChI is InChI=1S/C20H27N5O/c1-4-5-10-21-17(26)9-8-13-25-19-18(15(2)14-16(3)22-19)20(23-25)24-11-6-7-12-24/h6-7,11-12,14H,4-5,8-10,13H2,1-3H3,(H,21,26). The number of pyridine rings is 1. The monoisotopic (exact) mass is 353 g/mol. The molecular weight excluding hydrogens is 326 g/mol. The van der Waals surface area contributed by atoms with E-state index < -0.39 is 0 Å². The van der Waals surface area contributed by atoms with Crippen LogP contribution in [0.5, 0.6) is 0 Å². The molecule has 0 aliphatic carbocycles. The van der Waals surface area contributed by atoms with Crippen molar-refractivity contribution in [1.82, 2.24) is 24.6 Å². The Hall–Kier alpha value is -2.63. The molecule has 3 aromatic rings. The quantitative estimate of drug-likeness (QED) is 0.630. The van der Waals surface area contributed by atoms with Crippen LogP contribution in [0.2, 0.25) is 0 Å². The third kappa shape index (κ3) is 3.95.